The van der Waals surface area contributed by atoms with Gasteiger partial charge >= 0.3 is 0 Å². The molecule has 11 heteroatoms. The molecule has 3 aliphatic rings. The second kappa shape index (κ2) is 9.44. The second-order valence-corrected chi connectivity index (χ2v) is 10.7. The normalized spacial score (nSPS) is 24.9. The van der Waals surface area contributed by atoms with Gasteiger partial charge in [-0.15, -0.1) is 0 Å². The number of aliphatic hydroxyl groups excluding tert-OH is 1. The van der Waals surface area contributed by atoms with Crippen LogP contribution in [0.4, 0.5) is 17.7 Å². The zero-order valence-electron chi connectivity index (χ0n) is 21.5. The third-order valence-electron chi connectivity index (χ3n) is 7.68. The van der Waals surface area contributed by atoms with Gasteiger partial charge in [-0.25, -0.2) is 15.0 Å². The molecule has 1 amide bonds. The highest BCUT2D eigenvalue weighted by Gasteiger charge is 2.45. The maximum Gasteiger partial charge on any atom is 0.251 e. The number of amides is 1. The number of carbonyl (C=O) groups excluding carboxylic acids is 1. The lowest BCUT2D eigenvalue weighted by Crippen LogP contribution is -2.50. The Morgan fingerprint density at radius 2 is 1.97 bits per heavy atom. The van der Waals surface area contributed by atoms with Crippen LogP contribution in [0.25, 0.3) is 11.3 Å². The Balaban J connectivity index is 1.52. The predicted octanol–water partition coefficient (Wildman–Crippen LogP) is 1.11. The van der Waals surface area contributed by atoms with E-state index in [2.05, 4.69) is 33.6 Å². The molecule has 0 aromatic carbocycles. The van der Waals surface area contributed by atoms with E-state index in [1.54, 1.807) is 17.3 Å². The molecule has 0 bridgehead atoms. The number of hydrogen-bond donors (Lipinski definition) is 2. The Morgan fingerprint density at radius 1 is 1.22 bits per heavy atom. The summed E-state index contributed by atoms with van der Waals surface area (Å²) in [4.78, 5) is 37.7. The topological polar surface area (TPSA) is 134 Å². The number of carbonyl (C=O) groups is 1. The van der Waals surface area contributed by atoms with E-state index in [1.807, 2.05) is 13.8 Å². The van der Waals surface area contributed by atoms with Crippen LogP contribution >= 0.6 is 0 Å². The number of nitrogens with two attached hydrogens (primary N) is 1. The first-order valence-corrected chi connectivity index (χ1v) is 12.8. The number of aliphatic hydroxyl groups is 1. The van der Waals surface area contributed by atoms with Gasteiger partial charge in [0.1, 0.15) is 11.9 Å². The minimum Gasteiger partial charge on any atom is -0.383 e. The molecule has 5 rings (SSSR count). The van der Waals surface area contributed by atoms with Gasteiger partial charge in [-0.3, -0.25) is 4.79 Å². The maximum absolute atomic E-state index is 12.9. The quantitative estimate of drug-likeness (QED) is 0.620. The average molecular weight is 497 g/mol. The summed E-state index contributed by atoms with van der Waals surface area (Å²) in [5.41, 5.74) is 8.13. The van der Waals surface area contributed by atoms with Gasteiger partial charge in [0.05, 0.1) is 30.5 Å². The van der Waals surface area contributed by atoms with Crippen LogP contribution in [0.2, 0.25) is 0 Å². The van der Waals surface area contributed by atoms with Crippen molar-refractivity contribution in [3.05, 3.63) is 18.0 Å². The first-order chi connectivity index (χ1) is 17.2. The highest BCUT2D eigenvalue weighted by atomic mass is 16.5. The SMILES string of the molecule is CC(C)[C@@H](O)C(=O)N1CC[C@](C)(N2CCc3c(-c4cnc(N)nc4)nc(N4CCOC[C@@H]4C)nc32)C1. The largest absolute Gasteiger partial charge is 0.383 e. The van der Waals surface area contributed by atoms with E-state index in [0.717, 1.165) is 42.0 Å². The van der Waals surface area contributed by atoms with Gasteiger partial charge < -0.3 is 30.3 Å². The maximum atomic E-state index is 12.9. The molecular formula is C25H36N8O3. The van der Waals surface area contributed by atoms with Crippen molar-refractivity contribution in [2.45, 2.75) is 58.2 Å². The molecule has 3 N–H and O–H groups in total. The van der Waals surface area contributed by atoms with E-state index in [-0.39, 0.29) is 29.4 Å². The molecule has 2 fully saturated rings. The van der Waals surface area contributed by atoms with E-state index in [4.69, 9.17) is 20.4 Å². The minimum absolute atomic E-state index is 0.118. The molecule has 2 aromatic rings. The van der Waals surface area contributed by atoms with E-state index in [0.29, 0.717) is 38.8 Å². The highest BCUT2D eigenvalue weighted by molar-refractivity contribution is 5.81. The Morgan fingerprint density at radius 3 is 2.67 bits per heavy atom. The summed E-state index contributed by atoms with van der Waals surface area (Å²) in [5, 5.41) is 10.4. The van der Waals surface area contributed by atoms with Crippen LogP contribution in [0.1, 0.15) is 39.7 Å². The van der Waals surface area contributed by atoms with Gasteiger partial charge in [0.25, 0.3) is 5.91 Å². The van der Waals surface area contributed by atoms with Crippen molar-refractivity contribution in [2.75, 3.05) is 54.9 Å². The van der Waals surface area contributed by atoms with Crippen molar-refractivity contribution >= 4 is 23.6 Å². The molecular weight excluding hydrogens is 460 g/mol. The van der Waals surface area contributed by atoms with E-state index >= 15 is 0 Å². The summed E-state index contributed by atoms with van der Waals surface area (Å²) in [6.07, 6.45) is 4.03. The molecule has 0 aliphatic carbocycles. The van der Waals surface area contributed by atoms with Crippen LogP contribution < -0.4 is 15.5 Å². The second-order valence-electron chi connectivity index (χ2n) is 10.7. The zero-order valence-corrected chi connectivity index (χ0v) is 21.5. The van der Waals surface area contributed by atoms with Gasteiger partial charge in [-0.2, -0.15) is 4.98 Å². The van der Waals surface area contributed by atoms with E-state index in [9.17, 15) is 9.90 Å². The smallest absolute Gasteiger partial charge is 0.251 e. The summed E-state index contributed by atoms with van der Waals surface area (Å²) in [6.45, 7) is 11.9. The third-order valence-corrected chi connectivity index (χ3v) is 7.68. The van der Waals surface area contributed by atoms with Gasteiger partial charge in [0.15, 0.2) is 0 Å². The van der Waals surface area contributed by atoms with Gasteiger partial charge in [0, 0.05) is 49.7 Å². The Labute approximate surface area is 211 Å². The molecule has 2 aromatic heterocycles. The van der Waals surface area contributed by atoms with Crippen molar-refractivity contribution in [3.8, 4) is 11.3 Å². The summed E-state index contributed by atoms with van der Waals surface area (Å²) in [6, 6.07) is 0.148. The van der Waals surface area contributed by atoms with Crippen LogP contribution in [0, 0.1) is 5.92 Å². The first-order valence-electron chi connectivity index (χ1n) is 12.8. The highest BCUT2D eigenvalue weighted by Crippen LogP contribution is 2.41. The number of morpholine rings is 1. The molecule has 0 saturated carbocycles. The van der Waals surface area contributed by atoms with Gasteiger partial charge in [0.2, 0.25) is 11.9 Å². The van der Waals surface area contributed by atoms with Crippen molar-refractivity contribution in [1.29, 1.82) is 0 Å². The lowest BCUT2D eigenvalue weighted by molar-refractivity contribution is -0.141. The number of fused-ring (bicyclic) bond motifs is 1. The van der Waals surface area contributed by atoms with Crippen molar-refractivity contribution in [3.63, 3.8) is 0 Å². The third kappa shape index (κ3) is 4.34. The molecule has 2 saturated heterocycles. The number of likely N-dealkylation sites (tertiary alicyclic amines) is 1. The van der Waals surface area contributed by atoms with Crippen LogP contribution in [0.5, 0.6) is 0 Å². The molecule has 3 aliphatic heterocycles. The summed E-state index contributed by atoms with van der Waals surface area (Å²) in [7, 11) is 0. The Bertz CT molecular complexity index is 1130. The number of aromatic nitrogens is 4. The first kappa shape index (κ1) is 24.6. The van der Waals surface area contributed by atoms with Crippen molar-refractivity contribution < 1.29 is 14.6 Å². The monoisotopic (exact) mass is 496 g/mol. The Hall–Kier alpha value is -3.05. The van der Waals surface area contributed by atoms with Gasteiger partial charge in [-0.1, -0.05) is 13.8 Å². The molecule has 5 heterocycles. The van der Waals surface area contributed by atoms with E-state index < -0.39 is 6.10 Å². The van der Waals surface area contributed by atoms with Crippen LogP contribution in [0.3, 0.4) is 0 Å². The molecule has 194 valence electrons. The average Bonchev–Trinajstić information content (AvgIpc) is 3.48. The standard InChI is InChI=1S/C25H36N8O3/c1-15(2)20(34)22(35)31-8-6-25(4,14-31)33-7-5-18-19(17-11-27-23(26)28-12-17)29-24(30-21(18)33)32-9-10-36-13-16(32)3/h11-12,15-16,20,34H,5-10,13-14H2,1-4H3,(H2,26,27,28)/t16-,20+,25-/m0/s1. The van der Waals surface area contributed by atoms with Crippen LogP contribution in [-0.2, 0) is 16.0 Å². The van der Waals surface area contributed by atoms with Crippen molar-refractivity contribution in [1.82, 2.24) is 24.8 Å². The summed E-state index contributed by atoms with van der Waals surface area (Å²) < 4.78 is 5.64. The molecule has 36 heavy (non-hydrogen) atoms. The van der Waals surface area contributed by atoms with Gasteiger partial charge in [-0.05, 0) is 32.6 Å². The predicted molar refractivity (Wildman–Crippen MR) is 137 cm³/mol. The lowest BCUT2D eigenvalue weighted by Gasteiger charge is -2.38. The fourth-order valence-electron chi connectivity index (χ4n) is 5.45. The summed E-state index contributed by atoms with van der Waals surface area (Å²) >= 11 is 0. The van der Waals surface area contributed by atoms with Crippen LogP contribution in [0.15, 0.2) is 12.4 Å². The molecule has 0 radical (unpaired) electrons. The summed E-state index contributed by atoms with van der Waals surface area (Å²) in [5.74, 6) is 1.46. The minimum atomic E-state index is -0.980. The molecule has 0 unspecified atom stereocenters. The van der Waals surface area contributed by atoms with Crippen molar-refractivity contribution in [2.24, 2.45) is 5.92 Å². The number of ether oxygens (including phenoxy) is 1. The lowest BCUT2D eigenvalue weighted by atomic mass is 9.99. The van der Waals surface area contributed by atoms with Crippen LogP contribution in [-0.4, -0.2) is 92.9 Å². The number of anilines is 3. The Kier molecular flexibility index (Phi) is 6.46. The zero-order chi connectivity index (χ0) is 25.6. The number of nitrogens with zero attached hydrogens (tertiary/aromatic N) is 7. The van der Waals surface area contributed by atoms with E-state index in [1.165, 1.54) is 0 Å². The molecule has 11 nitrogen and oxygen atoms in total. The molecule has 3 atom stereocenters. The number of rotatable bonds is 5. The number of nitrogen functional groups attached to an aromatic ring is 1. The number of hydrogen-bond acceptors (Lipinski definition) is 10. The fourth-order valence-corrected chi connectivity index (χ4v) is 5.45. The molecule has 0 spiro atoms. The fraction of sp³-hybridized carbons (Fsp3) is 0.640.